The van der Waals surface area contributed by atoms with Gasteiger partial charge >= 0.3 is 5.63 Å². The van der Waals surface area contributed by atoms with Gasteiger partial charge in [0.05, 0.1) is 0 Å². The molecule has 1 amide bonds. The highest BCUT2D eigenvalue weighted by atomic mass is 16.5. The maximum atomic E-state index is 12.5. The van der Waals surface area contributed by atoms with E-state index in [0.717, 1.165) is 28.5 Å². The summed E-state index contributed by atoms with van der Waals surface area (Å²) in [6.07, 6.45) is 4.76. The smallest absolute Gasteiger partial charge is 0.339 e. The summed E-state index contributed by atoms with van der Waals surface area (Å²) in [6.45, 7) is 8.52. The highest BCUT2D eigenvalue weighted by Crippen LogP contribution is 2.25. The van der Waals surface area contributed by atoms with Gasteiger partial charge in [0, 0.05) is 42.4 Å². The van der Waals surface area contributed by atoms with E-state index in [-0.39, 0.29) is 12.3 Å². The number of aryl methyl sites for hydroxylation is 1. The number of fused-ring (bicyclic) bond motifs is 1. The molecule has 1 N–H and O–H groups in total. The molecule has 0 aliphatic heterocycles. The van der Waals surface area contributed by atoms with Gasteiger partial charge in [-0.05, 0) is 67.7 Å². The molecule has 0 spiro atoms. The number of nitrogens with zero attached hydrogens (tertiary/aromatic N) is 1. The van der Waals surface area contributed by atoms with Crippen molar-refractivity contribution in [2.75, 3.05) is 13.2 Å². The lowest BCUT2D eigenvalue weighted by Gasteiger charge is -2.10. The Morgan fingerprint density at radius 3 is 2.70 bits per heavy atom. The predicted octanol–water partition coefficient (Wildman–Crippen LogP) is 3.74. The van der Waals surface area contributed by atoms with Crippen LogP contribution in [0.15, 0.2) is 64.1 Å². The first-order chi connectivity index (χ1) is 14.4. The van der Waals surface area contributed by atoms with E-state index in [0.29, 0.717) is 36.5 Å². The molecule has 0 saturated carbocycles. The Balaban J connectivity index is 1.62. The maximum absolute atomic E-state index is 12.5. The van der Waals surface area contributed by atoms with Gasteiger partial charge in [0.25, 0.3) is 0 Å². The first-order valence-electron chi connectivity index (χ1n) is 9.93. The van der Waals surface area contributed by atoms with Crippen LogP contribution in [0.25, 0.3) is 11.0 Å². The Morgan fingerprint density at radius 1 is 1.20 bits per heavy atom. The summed E-state index contributed by atoms with van der Waals surface area (Å²) >= 11 is 0. The molecule has 0 atom stereocenters. The van der Waals surface area contributed by atoms with Gasteiger partial charge in [-0.25, -0.2) is 4.79 Å². The third kappa shape index (κ3) is 5.56. The Kier molecular flexibility index (Phi) is 7.01. The van der Waals surface area contributed by atoms with Gasteiger partial charge in [-0.3, -0.25) is 9.78 Å². The molecule has 0 aliphatic carbocycles. The van der Waals surface area contributed by atoms with Crippen LogP contribution >= 0.6 is 0 Å². The van der Waals surface area contributed by atoms with Crippen molar-refractivity contribution < 1.29 is 13.9 Å². The van der Waals surface area contributed by atoms with Crippen LogP contribution in [-0.2, 0) is 17.6 Å². The lowest BCUT2D eigenvalue weighted by molar-refractivity contribution is -0.121. The minimum absolute atomic E-state index is 0.0912. The number of nitrogens with one attached hydrogen (secondary N) is 1. The van der Waals surface area contributed by atoms with Crippen molar-refractivity contribution in [3.05, 3.63) is 82.0 Å². The molecule has 156 valence electrons. The number of carbonyl (C=O) groups excluding carboxylic acids is 1. The number of aromatic nitrogens is 1. The minimum atomic E-state index is -0.415. The SMILES string of the molecule is C=C(C)COc1ccc2c(C)c(CCC(=O)NCCc3ccncc3)c(=O)oc2c1. The third-order valence-electron chi connectivity index (χ3n) is 4.83. The zero-order valence-corrected chi connectivity index (χ0v) is 17.4. The van der Waals surface area contributed by atoms with E-state index in [2.05, 4.69) is 16.9 Å². The molecule has 0 saturated heterocycles. The number of benzene rings is 1. The van der Waals surface area contributed by atoms with Crippen molar-refractivity contribution in [2.45, 2.75) is 33.1 Å². The summed E-state index contributed by atoms with van der Waals surface area (Å²) in [5.41, 5.74) is 3.44. The van der Waals surface area contributed by atoms with Crippen LogP contribution < -0.4 is 15.7 Å². The largest absolute Gasteiger partial charge is 0.489 e. The van der Waals surface area contributed by atoms with Crippen LogP contribution in [0, 0.1) is 6.92 Å². The van der Waals surface area contributed by atoms with Crippen molar-refractivity contribution in [2.24, 2.45) is 0 Å². The number of ether oxygens (including phenoxy) is 1. The van der Waals surface area contributed by atoms with Crippen LogP contribution in [-0.4, -0.2) is 24.0 Å². The van der Waals surface area contributed by atoms with Crippen molar-refractivity contribution in [1.29, 1.82) is 0 Å². The van der Waals surface area contributed by atoms with Gasteiger partial charge in [-0.1, -0.05) is 6.58 Å². The molecule has 0 bridgehead atoms. The molecule has 3 aromatic rings. The van der Waals surface area contributed by atoms with Crippen LogP contribution in [0.3, 0.4) is 0 Å². The highest BCUT2D eigenvalue weighted by molar-refractivity contribution is 5.82. The van der Waals surface area contributed by atoms with Gasteiger partial charge in [0.1, 0.15) is 17.9 Å². The van der Waals surface area contributed by atoms with E-state index in [1.807, 2.05) is 38.1 Å². The normalized spacial score (nSPS) is 10.7. The van der Waals surface area contributed by atoms with Crippen molar-refractivity contribution >= 4 is 16.9 Å². The second kappa shape index (κ2) is 9.87. The van der Waals surface area contributed by atoms with Gasteiger partial charge in [0.2, 0.25) is 5.91 Å². The fourth-order valence-electron chi connectivity index (χ4n) is 3.18. The Labute approximate surface area is 175 Å². The van der Waals surface area contributed by atoms with E-state index >= 15 is 0 Å². The summed E-state index contributed by atoms with van der Waals surface area (Å²) in [5, 5.41) is 3.73. The van der Waals surface area contributed by atoms with E-state index in [1.54, 1.807) is 18.5 Å². The standard InChI is InChI=1S/C24H26N2O4/c1-16(2)15-29-19-4-5-20-17(3)21(24(28)30-22(20)14-19)6-7-23(27)26-13-10-18-8-11-25-12-9-18/h4-5,8-9,11-12,14H,1,6-7,10,13,15H2,2-3H3,(H,26,27). The molecule has 1 aromatic carbocycles. The number of amides is 1. The quantitative estimate of drug-likeness (QED) is 0.432. The summed E-state index contributed by atoms with van der Waals surface area (Å²) in [6, 6.07) is 9.27. The Hall–Kier alpha value is -3.41. The molecule has 0 unspecified atom stereocenters. The molecule has 3 rings (SSSR count). The van der Waals surface area contributed by atoms with Crippen molar-refractivity contribution in [3.8, 4) is 5.75 Å². The van der Waals surface area contributed by atoms with E-state index in [4.69, 9.17) is 9.15 Å². The fraction of sp³-hybridized carbons (Fsp3) is 0.292. The first-order valence-corrected chi connectivity index (χ1v) is 9.93. The topological polar surface area (TPSA) is 81.4 Å². The molecule has 6 heteroatoms. The Morgan fingerprint density at radius 2 is 1.97 bits per heavy atom. The molecule has 30 heavy (non-hydrogen) atoms. The van der Waals surface area contributed by atoms with Gasteiger partial charge < -0.3 is 14.5 Å². The van der Waals surface area contributed by atoms with Crippen molar-refractivity contribution in [1.82, 2.24) is 10.3 Å². The second-order valence-electron chi connectivity index (χ2n) is 7.35. The van der Waals surface area contributed by atoms with Crippen molar-refractivity contribution in [3.63, 3.8) is 0 Å². The first kappa shape index (κ1) is 21.3. The third-order valence-corrected chi connectivity index (χ3v) is 4.83. The summed E-state index contributed by atoms with van der Waals surface area (Å²) in [7, 11) is 0. The van der Waals surface area contributed by atoms with Gasteiger partial charge in [-0.15, -0.1) is 0 Å². The van der Waals surface area contributed by atoms with Crippen LogP contribution in [0.5, 0.6) is 5.75 Å². The number of carbonyl (C=O) groups is 1. The van der Waals surface area contributed by atoms with Crippen LogP contribution in [0.2, 0.25) is 0 Å². The van der Waals surface area contributed by atoms with E-state index < -0.39 is 5.63 Å². The molecule has 2 aromatic heterocycles. The molecular formula is C24H26N2O4. The molecule has 0 fully saturated rings. The lowest BCUT2D eigenvalue weighted by Crippen LogP contribution is -2.26. The zero-order valence-electron chi connectivity index (χ0n) is 17.4. The summed E-state index contributed by atoms with van der Waals surface area (Å²) in [4.78, 5) is 28.6. The average Bonchev–Trinajstić information content (AvgIpc) is 2.72. The van der Waals surface area contributed by atoms with Gasteiger partial charge in [0.15, 0.2) is 0 Å². The fourth-order valence-corrected chi connectivity index (χ4v) is 3.18. The summed E-state index contributed by atoms with van der Waals surface area (Å²) in [5.74, 6) is 0.529. The number of hydrogen-bond acceptors (Lipinski definition) is 5. The average molecular weight is 406 g/mol. The Bertz CT molecular complexity index is 1100. The number of rotatable bonds is 9. The second-order valence-corrected chi connectivity index (χ2v) is 7.35. The molecule has 0 radical (unpaired) electrons. The molecule has 2 heterocycles. The minimum Gasteiger partial charge on any atom is -0.489 e. The zero-order chi connectivity index (χ0) is 21.5. The van der Waals surface area contributed by atoms with E-state index in [9.17, 15) is 9.59 Å². The van der Waals surface area contributed by atoms with Crippen LogP contribution in [0.4, 0.5) is 0 Å². The molecule has 6 nitrogen and oxygen atoms in total. The number of hydrogen-bond donors (Lipinski definition) is 1. The van der Waals surface area contributed by atoms with Gasteiger partial charge in [-0.2, -0.15) is 0 Å². The molecule has 0 aliphatic rings. The number of pyridine rings is 1. The summed E-state index contributed by atoms with van der Waals surface area (Å²) < 4.78 is 11.1. The predicted molar refractivity (Wildman–Crippen MR) is 117 cm³/mol. The highest BCUT2D eigenvalue weighted by Gasteiger charge is 2.14. The van der Waals surface area contributed by atoms with Crippen LogP contribution in [0.1, 0.15) is 30.0 Å². The lowest BCUT2D eigenvalue weighted by atomic mass is 10.0. The van der Waals surface area contributed by atoms with E-state index in [1.165, 1.54) is 0 Å². The molecular weight excluding hydrogens is 380 g/mol. The monoisotopic (exact) mass is 406 g/mol. The maximum Gasteiger partial charge on any atom is 0.339 e.